The molecule has 1 heterocycles. The van der Waals surface area contributed by atoms with Crippen molar-refractivity contribution in [3.63, 3.8) is 0 Å². The average Bonchev–Trinajstić information content (AvgIpc) is 2.98. The van der Waals surface area contributed by atoms with Gasteiger partial charge in [-0.2, -0.15) is 4.72 Å². The summed E-state index contributed by atoms with van der Waals surface area (Å²) >= 11 is 5.95. The molecule has 2 rings (SSSR count). The van der Waals surface area contributed by atoms with Crippen LogP contribution in [0.25, 0.3) is 6.08 Å². The zero-order valence-corrected chi connectivity index (χ0v) is 12.5. The van der Waals surface area contributed by atoms with Crippen molar-refractivity contribution in [2.45, 2.75) is 6.04 Å². The number of aliphatic hydroxyl groups excluding tert-OH is 1. The Hall–Kier alpha value is -1.60. The predicted octanol–water partition coefficient (Wildman–Crippen LogP) is 2.56. The molecule has 0 fully saturated rings. The quantitative estimate of drug-likeness (QED) is 0.854. The van der Waals surface area contributed by atoms with Gasteiger partial charge >= 0.3 is 0 Å². The van der Waals surface area contributed by atoms with Gasteiger partial charge in [-0.05, 0) is 29.8 Å². The predicted molar refractivity (Wildman–Crippen MR) is 81.1 cm³/mol. The highest BCUT2D eigenvalue weighted by Gasteiger charge is 2.18. The van der Waals surface area contributed by atoms with Gasteiger partial charge in [0.15, 0.2) is 0 Å². The number of nitrogens with one attached hydrogen (secondary N) is 1. The van der Waals surface area contributed by atoms with Gasteiger partial charge in [0, 0.05) is 10.4 Å². The number of furan rings is 1. The maximum atomic E-state index is 12.0. The molecule has 112 valence electrons. The number of aliphatic hydroxyl groups is 1. The molecule has 0 bridgehead atoms. The van der Waals surface area contributed by atoms with E-state index < -0.39 is 22.7 Å². The Balaban J connectivity index is 2.13. The Kier molecular flexibility index (Phi) is 5.19. The number of rotatable bonds is 6. The van der Waals surface area contributed by atoms with Gasteiger partial charge in [0.25, 0.3) is 0 Å². The summed E-state index contributed by atoms with van der Waals surface area (Å²) in [5.41, 5.74) is 0.586. The lowest BCUT2D eigenvalue weighted by atomic mass is 10.2. The summed E-state index contributed by atoms with van der Waals surface area (Å²) in [4.78, 5) is 0. The fourth-order valence-electron chi connectivity index (χ4n) is 1.69. The Bertz CT molecular complexity index is 710. The van der Waals surface area contributed by atoms with Crippen LogP contribution < -0.4 is 4.72 Å². The second-order valence-corrected chi connectivity index (χ2v) is 6.24. The van der Waals surface area contributed by atoms with E-state index in [1.807, 2.05) is 0 Å². The minimum absolute atomic E-state index is 0.340. The van der Waals surface area contributed by atoms with Crippen LogP contribution in [0.3, 0.4) is 0 Å². The Morgan fingerprint density at radius 3 is 2.67 bits per heavy atom. The summed E-state index contributed by atoms with van der Waals surface area (Å²) < 4.78 is 31.4. The first-order chi connectivity index (χ1) is 10.0. The molecule has 2 aromatic rings. The zero-order chi connectivity index (χ0) is 15.3. The van der Waals surface area contributed by atoms with Crippen LogP contribution in [0.4, 0.5) is 0 Å². The van der Waals surface area contributed by atoms with Gasteiger partial charge in [-0.1, -0.05) is 29.8 Å². The van der Waals surface area contributed by atoms with Gasteiger partial charge in [-0.15, -0.1) is 0 Å². The lowest BCUT2D eigenvalue weighted by Crippen LogP contribution is -2.28. The molecule has 0 radical (unpaired) electrons. The van der Waals surface area contributed by atoms with Crippen molar-refractivity contribution in [1.29, 1.82) is 0 Å². The molecular formula is C14H14ClNO4S. The lowest BCUT2D eigenvalue weighted by molar-refractivity contribution is 0.242. The SMILES string of the molecule is O=S(=O)(/C=C/c1ccccc1Cl)NC(CO)c1ccco1. The summed E-state index contributed by atoms with van der Waals surface area (Å²) in [6.45, 7) is -0.410. The molecule has 0 amide bonds. The summed E-state index contributed by atoms with van der Waals surface area (Å²) in [7, 11) is -3.74. The van der Waals surface area contributed by atoms with E-state index in [0.29, 0.717) is 16.3 Å². The maximum Gasteiger partial charge on any atom is 0.234 e. The van der Waals surface area contributed by atoms with Crippen LogP contribution in [0.1, 0.15) is 17.4 Å². The number of hydrogen-bond acceptors (Lipinski definition) is 4. The highest BCUT2D eigenvalue weighted by molar-refractivity contribution is 7.92. The van der Waals surface area contributed by atoms with Crippen molar-refractivity contribution in [1.82, 2.24) is 4.72 Å². The van der Waals surface area contributed by atoms with Crippen molar-refractivity contribution in [3.05, 3.63) is 64.4 Å². The maximum absolute atomic E-state index is 12.0. The number of sulfonamides is 1. The summed E-state index contributed by atoms with van der Waals surface area (Å²) in [6, 6.07) is 9.25. The van der Waals surface area contributed by atoms with Gasteiger partial charge < -0.3 is 9.52 Å². The third-order valence-corrected chi connectivity index (χ3v) is 4.16. The van der Waals surface area contributed by atoms with Gasteiger partial charge in [-0.3, -0.25) is 0 Å². The van der Waals surface area contributed by atoms with E-state index in [9.17, 15) is 13.5 Å². The van der Waals surface area contributed by atoms with E-state index in [0.717, 1.165) is 5.41 Å². The molecule has 1 unspecified atom stereocenters. The minimum Gasteiger partial charge on any atom is -0.468 e. The third kappa shape index (κ3) is 4.44. The molecule has 0 saturated carbocycles. The van der Waals surface area contributed by atoms with Crippen LogP contribution in [0.15, 0.2) is 52.5 Å². The highest BCUT2D eigenvalue weighted by Crippen LogP contribution is 2.18. The summed E-state index contributed by atoms with van der Waals surface area (Å²) in [6.07, 6.45) is 2.80. The van der Waals surface area contributed by atoms with Gasteiger partial charge in [-0.25, -0.2) is 8.42 Å². The molecule has 21 heavy (non-hydrogen) atoms. The molecule has 7 heteroatoms. The van der Waals surface area contributed by atoms with E-state index in [4.69, 9.17) is 16.0 Å². The standard InChI is InChI=1S/C14H14ClNO4S/c15-12-5-2-1-4-11(12)7-9-21(18,19)16-13(10-17)14-6-3-8-20-14/h1-9,13,16-17H,10H2/b9-7+. The summed E-state index contributed by atoms with van der Waals surface area (Å²) in [5, 5.41) is 10.7. The number of benzene rings is 1. The lowest BCUT2D eigenvalue weighted by Gasteiger charge is -2.12. The molecule has 0 saturated heterocycles. The molecule has 0 aliphatic heterocycles. The summed E-state index contributed by atoms with van der Waals surface area (Å²) in [5.74, 6) is 0.340. The fourth-order valence-corrected chi connectivity index (χ4v) is 2.88. The molecule has 5 nitrogen and oxygen atoms in total. The van der Waals surface area contributed by atoms with Crippen LogP contribution in [0.5, 0.6) is 0 Å². The second kappa shape index (κ2) is 6.91. The third-order valence-electron chi connectivity index (χ3n) is 2.71. The van der Waals surface area contributed by atoms with Crippen LogP contribution in [0.2, 0.25) is 5.02 Å². The van der Waals surface area contributed by atoms with Crippen LogP contribution in [-0.2, 0) is 10.0 Å². The second-order valence-electron chi connectivity index (χ2n) is 4.24. The molecule has 0 aliphatic carbocycles. The van der Waals surface area contributed by atoms with Crippen molar-refractivity contribution in [2.75, 3.05) is 6.61 Å². The van der Waals surface area contributed by atoms with Gasteiger partial charge in [0.05, 0.1) is 12.9 Å². The van der Waals surface area contributed by atoms with Gasteiger partial charge in [0.2, 0.25) is 10.0 Å². The van der Waals surface area contributed by atoms with Crippen LogP contribution in [-0.4, -0.2) is 20.1 Å². The van der Waals surface area contributed by atoms with Crippen molar-refractivity contribution >= 4 is 27.7 Å². The Morgan fingerprint density at radius 1 is 1.29 bits per heavy atom. The highest BCUT2D eigenvalue weighted by atomic mass is 35.5. The molecule has 0 spiro atoms. The smallest absolute Gasteiger partial charge is 0.234 e. The molecule has 1 atom stereocenters. The number of halogens is 1. The van der Waals surface area contributed by atoms with E-state index in [-0.39, 0.29) is 0 Å². The number of hydrogen-bond donors (Lipinski definition) is 2. The normalized spacial score (nSPS) is 13.6. The Morgan fingerprint density at radius 2 is 2.05 bits per heavy atom. The monoisotopic (exact) mass is 327 g/mol. The minimum atomic E-state index is -3.74. The van der Waals surface area contributed by atoms with Crippen molar-refractivity contribution in [2.24, 2.45) is 0 Å². The first-order valence-corrected chi connectivity index (χ1v) is 8.03. The molecule has 1 aromatic carbocycles. The van der Waals surface area contributed by atoms with E-state index >= 15 is 0 Å². The topological polar surface area (TPSA) is 79.5 Å². The first-order valence-electron chi connectivity index (χ1n) is 6.11. The van der Waals surface area contributed by atoms with Crippen molar-refractivity contribution < 1.29 is 17.9 Å². The van der Waals surface area contributed by atoms with Crippen LogP contribution >= 0.6 is 11.6 Å². The van der Waals surface area contributed by atoms with E-state index in [1.54, 1.807) is 36.4 Å². The molecular weight excluding hydrogens is 314 g/mol. The van der Waals surface area contributed by atoms with E-state index in [2.05, 4.69) is 4.72 Å². The molecule has 2 N–H and O–H groups in total. The fraction of sp³-hybridized carbons (Fsp3) is 0.143. The molecule has 0 aliphatic rings. The van der Waals surface area contributed by atoms with E-state index in [1.165, 1.54) is 12.3 Å². The van der Waals surface area contributed by atoms with Gasteiger partial charge in [0.1, 0.15) is 11.8 Å². The Labute approximate surface area is 127 Å². The van der Waals surface area contributed by atoms with Crippen LogP contribution in [0, 0.1) is 0 Å². The molecule has 1 aromatic heterocycles. The first kappa shape index (κ1) is 15.8. The average molecular weight is 328 g/mol. The zero-order valence-electron chi connectivity index (χ0n) is 10.9. The largest absolute Gasteiger partial charge is 0.468 e. The van der Waals surface area contributed by atoms with Crippen molar-refractivity contribution in [3.8, 4) is 0 Å².